The SMILES string of the molecule is C=c1o/c(=C/c2ccc3oc4ccccc4c3c2)c(=O)n1CC. The Balaban J connectivity index is 1.96. The van der Waals surface area contributed by atoms with Gasteiger partial charge in [-0.25, -0.2) is 0 Å². The Morgan fingerprint density at radius 2 is 1.87 bits per heavy atom. The van der Waals surface area contributed by atoms with E-state index < -0.39 is 0 Å². The van der Waals surface area contributed by atoms with Gasteiger partial charge in [-0.2, -0.15) is 0 Å². The second-order valence-electron chi connectivity index (χ2n) is 5.41. The predicted molar refractivity (Wildman–Crippen MR) is 90.7 cm³/mol. The molecular formula is C19H15NO3. The van der Waals surface area contributed by atoms with Crippen LogP contribution in [0, 0.1) is 0 Å². The number of oxazole rings is 1. The van der Waals surface area contributed by atoms with Gasteiger partial charge in [0.15, 0.2) is 11.0 Å². The number of rotatable bonds is 2. The van der Waals surface area contributed by atoms with Gasteiger partial charge >= 0.3 is 0 Å². The molecule has 4 heteroatoms. The van der Waals surface area contributed by atoms with Gasteiger partial charge in [0.05, 0.1) is 0 Å². The van der Waals surface area contributed by atoms with Crippen molar-refractivity contribution in [2.75, 3.05) is 0 Å². The number of para-hydroxylation sites is 1. The summed E-state index contributed by atoms with van der Waals surface area (Å²) >= 11 is 0. The maximum Gasteiger partial charge on any atom is 0.296 e. The Morgan fingerprint density at radius 3 is 2.65 bits per heavy atom. The Labute approximate surface area is 131 Å². The van der Waals surface area contributed by atoms with Crippen LogP contribution in [0.25, 0.3) is 34.6 Å². The van der Waals surface area contributed by atoms with Crippen molar-refractivity contribution in [1.29, 1.82) is 0 Å². The first-order valence-corrected chi connectivity index (χ1v) is 7.49. The van der Waals surface area contributed by atoms with Gasteiger partial charge in [-0.15, -0.1) is 0 Å². The van der Waals surface area contributed by atoms with Crippen molar-refractivity contribution < 1.29 is 8.83 Å². The fraction of sp³-hybridized carbons (Fsp3) is 0.105. The van der Waals surface area contributed by atoms with Crippen LogP contribution >= 0.6 is 0 Å². The molecule has 0 aliphatic rings. The van der Waals surface area contributed by atoms with Crippen LogP contribution < -0.4 is 16.5 Å². The Hall–Kier alpha value is -3.01. The first kappa shape index (κ1) is 13.6. The third-order valence-electron chi connectivity index (χ3n) is 4.00. The van der Waals surface area contributed by atoms with Crippen molar-refractivity contribution in [2.24, 2.45) is 0 Å². The minimum atomic E-state index is -0.158. The highest BCUT2D eigenvalue weighted by Gasteiger charge is 2.07. The van der Waals surface area contributed by atoms with E-state index in [9.17, 15) is 4.79 Å². The van der Waals surface area contributed by atoms with E-state index in [4.69, 9.17) is 8.83 Å². The molecule has 2 heterocycles. The zero-order valence-electron chi connectivity index (χ0n) is 12.7. The average Bonchev–Trinajstić information content (AvgIpc) is 3.05. The van der Waals surface area contributed by atoms with Crippen LogP contribution in [0.3, 0.4) is 0 Å². The lowest BCUT2D eigenvalue weighted by Gasteiger charge is -1.93. The number of nitrogens with zero attached hydrogens (tertiary/aromatic N) is 1. The van der Waals surface area contributed by atoms with Gasteiger partial charge in [0.25, 0.3) is 5.56 Å². The first-order chi connectivity index (χ1) is 11.2. The van der Waals surface area contributed by atoms with Crippen molar-refractivity contribution in [3.63, 3.8) is 0 Å². The summed E-state index contributed by atoms with van der Waals surface area (Å²) < 4.78 is 12.8. The maximum absolute atomic E-state index is 12.2. The number of furan rings is 1. The lowest BCUT2D eigenvalue weighted by atomic mass is 10.1. The molecule has 2 aromatic heterocycles. The second-order valence-corrected chi connectivity index (χ2v) is 5.41. The monoisotopic (exact) mass is 305 g/mol. The van der Waals surface area contributed by atoms with Crippen molar-refractivity contribution in [3.05, 3.63) is 69.3 Å². The van der Waals surface area contributed by atoms with Crippen LogP contribution in [-0.4, -0.2) is 4.57 Å². The van der Waals surface area contributed by atoms with Crippen molar-refractivity contribution in [1.82, 2.24) is 4.57 Å². The Bertz CT molecular complexity index is 1190. The molecule has 0 radical (unpaired) electrons. The van der Waals surface area contributed by atoms with Gasteiger partial charge in [-0.1, -0.05) is 24.3 Å². The summed E-state index contributed by atoms with van der Waals surface area (Å²) in [7, 11) is 0. The molecule has 23 heavy (non-hydrogen) atoms. The zero-order valence-corrected chi connectivity index (χ0v) is 12.7. The van der Waals surface area contributed by atoms with E-state index >= 15 is 0 Å². The molecule has 4 rings (SSSR count). The number of hydrogen-bond donors (Lipinski definition) is 0. The molecule has 0 bridgehead atoms. The number of benzene rings is 2. The second kappa shape index (κ2) is 5.02. The smallest absolute Gasteiger partial charge is 0.296 e. The third-order valence-corrected chi connectivity index (χ3v) is 4.00. The molecule has 0 saturated heterocycles. The van der Waals surface area contributed by atoms with E-state index in [1.807, 2.05) is 49.4 Å². The lowest BCUT2D eigenvalue weighted by Crippen LogP contribution is -2.30. The highest BCUT2D eigenvalue weighted by molar-refractivity contribution is 6.05. The van der Waals surface area contributed by atoms with Gasteiger partial charge in [-0.3, -0.25) is 9.36 Å². The molecule has 0 aliphatic carbocycles. The average molecular weight is 305 g/mol. The molecule has 0 atom stereocenters. The molecule has 0 fully saturated rings. The number of fused-ring (bicyclic) bond motifs is 3. The van der Waals surface area contributed by atoms with E-state index in [0.29, 0.717) is 17.5 Å². The summed E-state index contributed by atoms with van der Waals surface area (Å²) in [6, 6.07) is 13.7. The van der Waals surface area contributed by atoms with Crippen molar-refractivity contribution >= 4 is 34.6 Å². The summed E-state index contributed by atoms with van der Waals surface area (Å²) in [4.78, 5) is 12.2. The van der Waals surface area contributed by atoms with Gasteiger partial charge in [-0.05, 0) is 43.3 Å². The first-order valence-electron chi connectivity index (χ1n) is 7.49. The topological polar surface area (TPSA) is 48.3 Å². The van der Waals surface area contributed by atoms with Crippen molar-refractivity contribution in [2.45, 2.75) is 13.5 Å². The fourth-order valence-electron chi connectivity index (χ4n) is 2.87. The van der Waals surface area contributed by atoms with Gasteiger partial charge in [0.2, 0.25) is 0 Å². The summed E-state index contributed by atoms with van der Waals surface area (Å²) in [5.41, 5.74) is 3.08. The molecule has 2 aromatic carbocycles. The molecule has 114 valence electrons. The van der Waals surface area contributed by atoms with E-state index in [1.165, 1.54) is 4.57 Å². The van der Waals surface area contributed by atoms with Crippen LogP contribution in [0.5, 0.6) is 0 Å². The largest absolute Gasteiger partial charge is 0.456 e. The standard InChI is InChI=1S/C19H15NO3/c1-3-20-12(2)22-18(19(20)21)11-13-8-9-17-15(10-13)14-6-4-5-7-16(14)23-17/h4-11H,2-3H2,1H3/b18-11+. The van der Waals surface area contributed by atoms with E-state index in [1.54, 1.807) is 6.08 Å². The zero-order chi connectivity index (χ0) is 16.0. The van der Waals surface area contributed by atoms with Crippen LogP contribution in [0.2, 0.25) is 0 Å². The van der Waals surface area contributed by atoms with Crippen LogP contribution in [0.4, 0.5) is 0 Å². The summed E-state index contributed by atoms with van der Waals surface area (Å²) in [5.74, 6) is 0. The summed E-state index contributed by atoms with van der Waals surface area (Å²) in [6.07, 6.45) is 1.74. The molecule has 0 unspecified atom stereocenters. The quantitative estimate of drug-likeness (QED) is 0.572. The summed E-state index contributed by atoms with van der Waals surface area (Å²) in [5, 5.41) is 2.08. The minimum absolute atomic E-state index is 0.158. The highest BCUT2D eigenvalue weighted by atomic mass is 16.4. The number of aromatic nitrogens is 1. The lowest BCUT2D eigenvalue weighted by molar-refractivity contribution is 0.469. The molecule has 0 saturated carbocycles. The Kier molecular flexibility index (Phi) is 2.98. The predicted octanol–water partition coefficient (Wildman–Crippen LogP) is 2.60. The van der Waals surface area contributed by atoms with E-state index in [-0.39, 0.29) is 5.56 Å². The molecule has 4 nitrogen and oxygen atoms in total. The third kappa shape index (κ3) is 2.11. The normalized spacial score (nSPS) is 12.5. The van der Waals surface area contributed by atoms with Crippen LogP contribution in [0.1, 0.15) is 12.5 Å². The van der Waals surface area contributed by atoms with Gasteiger partial charge in [0, 0.05) is 17.3 Å². The van der Waals surface area contributed by atoms with Crippen LogP contribution in [0.15, 0.2) is 56.1 Å². The van der Waals surface area contributed by atoms with Gasteiger partial charge < -0.3 is 8.83 Å². The molecule has 0 spiro atoms. The fourth-order valence-corrected chi connectivity index (χ4v) is 2.87. The molecule has 0 aliphatic heterocycles. The minimum Gasteiger partial charge on any atom is -0.456 e. The number of hydrogen-bond acceptors (Lipinski definition) is 3. The summed E-state index contributed by atoms with van der Waals surface area (Å²) in [6.45, 7) is 6.19. The van der Waals surface area contributed by atoms with Crippen LogP contribution in [-0.2, 0) is 6.54 Å². The van der Waals surface area contributed by atoms with Gasteiger partial charge in [0.1, 0.15) is 11.2 Å². The Morgan fingerprint density at radius 1 is 1.09 bits per heavy atom. The maximum atomic E-state index is 12.2. The van der Waals surface area contributed by atoms with Crippen molar-refractivity contribution in [3.8, 4) is 0 Å². The van der Waals surface area contributed by atoms with E-state index in [2.05, 4.69) is 6.58 Å². The molecule has 0 N–H and O–H groups in total. The molecule has 4 aromatic rings. The molecular weight excluding hydrogens is 290 g/mol. The van der Waals surface area contributed by atoms with E-state index in [0.717, 1.165) is 27.5 Å². The highest BCUT2D eigenvalue weighted by Crippen LogP contribution is 2.29. The molecule has 0 amide bonds.